The Morgan fingerprint density at radius 3 is 2.93 bits per heavy atom. The summed E-state index contributed by atoms with van der Waals surface area (Å²) >= 11 is 0. The summed E-state index contributed by atoms with van der Waals surface area (Å²) in [6.45, 7) is 1.01. The number of rotatable bonds is 2. The topological polar surface area (TPSA) is 21.3 Å². The Bertz CT molecular complexity index is 357. The third-order valence-corrected chi connectivity index (χ3v) is 3.29. The van der Waals surface area contributed by atoms with Crippen LogP contribution in [0.1, 0.15) is 30.0 Å². The summed E-state index contributed by atoms with van der Waals surface area (Å²) in [7, 11) is 1.76. The van der Waals surface area contributed by atoms with E-state index >= 15 is 0 Å². The molecule has 2 nitrogen and oxygen atoms in total. The lowest BCUT2D eigenvalue weighted by molar-refractivity contribution is 0.400. The van der Waals surface area contributed by atoms with Crippen LogP contribution in [0.5, 0.6) is 5.75 Å². The Morgan fingerprint density at radius 1 is 1.36 bits per heavy atom. The number of hydrogen-bond acceptors (Lipinski definition) is 2. The van der Waals surface area contributed by atoms with Crippen LogP contribution in [0.3, 0.4) is 0 Å². The first kappa shape index (κ1) is 8.30. The summed E-state index contributed by atoms with van der Waals surface area (Å²) in [6.07, 6.45) is 2.74. The van der Waals surface area contributed by atoms with E-state index in [0.29, 0.717) is 6.04 Å². The molecule has 1 N–H and O–H groups in total. The van der Waals surface area contributed by atoms with Crippen LogP contribution < -0.4 is 10.1 Å². The molecule has 1 heterocycles. The zero-order valence-electron chi connectivity index (χ0n) is 8.42. The Labute approximate surface area is 84.3 Å². The lowest BCUT2D eigenvalue weighted by atomic mass is 10.0. The molecule has 0 bridgehead atoms. The molecular formula is C12H15NO. The number of benzene rings is 1. The molecule has 14 heavy (non-hydrogen) atoms. The summed E-state index contributed by atoms with van der Waals surface area (Å²) in [6, 6.07) is 6.91. The van der Waals surface area contributed by atoms with Gasteiger partial charge in [-0.3, -0.25) is 0 Å². The Morgan fingerprint density at radius 2 is 2.21 bits per heavy atom. The van der Waals surface area contributed by atoms with Gasteiger partial charge in [-0.25, -0.2) is 0 Å². The first-order chi connectivity index (χ1) is 6.90. The lowest BCUT2D eigenvalue weighted by Crippen LogP contribution is -2.14. The van der Waals surface area contributed by atoms with Crippen molar-refractivity contribution in [1.82, 2.24) is 5.32 Å². The molecule has 1 aliphatic heterocycles. The van der Waals surface area contributed by atoms with Gasteiger partial charge in [0.05, 0.1) is 7.11 Å². The normalized spacial score (nSPS) is 24.8. The van der Waals surface area contributed by atoms with Gasteiger partial charge in [0.2, 0.25) is 0 Å². The van der Waals surface area contributed by atoms with Gasteiger partial charge in [0.25, 0.3) is 0 Å². The van der Waals surface area contributed by atoms with Gasteiger partial charge < -0.3 is 10.1 Å². The summed E-state index contributed by atoms with van der Waals surface area (Å²) < 4.78 is 5.43. The maximum Gasteiger partial charge on any atom is 0.123 e. The fourth-order valence-corrected chi connectivity index (χ4v) is 2.43. The van der Waals surface area contributed by atoms with E-state index < -0.39 is 0 Å². The van der Waals surface area contributed by atoms with Crippen molar-refractivity contribution in [2.75, 3.05) is 7.11 Å². The minimum Gasteiger partial charge on any atom is -0.496 e. The Hall–Kier alpha value is -1.02. The monoisotopic (exact) mass is 189 g/mol. The molecule has 0 radical (unpaired) electrons. The van der Waals surface area contributed by atoms with Crippen molar-refractivity contribution in [3.63, 3.8) is 0 Å². The zero-order valence-corrected chi connectivity index (χ0v) is 8.42. The number of methoxy groups -OCH3 is 1. The van der Waals surface area contributed by atoms with E-state index in [0.717, 1.165) is 18.2 Å². The predicted molar refractivity (Wildman–Crippen MR) is 55.3 cm³/mol. The smallest absolute Gasteiger partial charge is 0.123 e. The molecule has 3 rings (SSSR count). The summed E-state index contributed by atoms with van der Waals surface area (Å²) in [5.41, 5.74) is 2.83. The molecular weight excluding hydrogens is 174 g/mol. The quantitative estimate of drug-likeness (QED) is 0.770. The van der Waals surface area contributed by atoms with Crippen molar-refractivity contribution in [3.05, 3.63) is 29.3 Å². The third kappa shape index (κ3) is 1.14. The van der Waals surface area contributed by atoms with Crippen LogP contribution >= 0.6 is 0 Å². The summed E-state index contributed by atoms with van der Waals surface area (Å²) in [4.78, 5) is 0. The van der Waals surface area contributed by atoms with Gasteiger partial charge in [-0.05, 0) is 30.4 Å². The molecule has 1 unspecified atom stereocenters. The van der Waals surface area contributed by atoms with Crippen molar-refractivity contribution in [2.45, 2.75) is 25.4 Å². The molecule has 0 saturated heterocycles. The second kappa shape index (κ2) is 2.99. The van der Waals surface area contributed by atoms with Crippen LogP contribution in [0.4, 0.5) is 0 Å². The molecule has 2 heteroatoms. The highest BCUT2D eigenvalue weighted by molar-refractivity contribution is 5.46. The van der Waals surface area contributed by atoms with Crippen molar-refractivity contribution >= 4 is 0 Å². The van der Waals surface area contributed by atoms with Gasteiger partial charge in [0.15, 0.2) is 0 Å². The van der Waals surface area contributed by atoms with Gasteiger partial charge in [-0.2, -0.15) is 0 Å². The average molecular weight is 189 g/mol. The van der Waals surface area contributed by atoms with Crippen LogP contribution in [0.25, 0.3) is 0 Å². The minimum atomic E-state index is 0.557. The van der Waals surface area contributed by atoms with E-state index in [1.165, 1.54) is 24.0 Å². The van der Waals surface area contributed by atoms with Crippen LogP contribution in [0.15, 0.2) is 18.2 Å². The molecule has 1 aliphatic carbocycles. The number of fused-ring (bicyclic) bond motifs is 1. The molecule has 2 aliphatic rings. The van der Waals surface area contributed by atoms with Crippen LogP contribution in [0.2, 0.25) is 0 Å². The van der Waals surface area contributed by atoms with Gasteiger partial charge in [-0.15, -0.1) is 0 Å². The van der Waals surface area contributed by atoms with E-state index in [4.69, 9.17) is 4.74 Å². The SMILES string of the molecule is COc1cccc2c1C(C1CC1)NC2. The minimum absolute atomic E-state index is 0.557. The largest absolute Gasteiger partial charge is 0.496 e. The Balaban J connectivity index is 2.05. The molecule has 74 valence electrons. The van der Waals surface area contributed by atoms with E-state index in [2.05, 4.69) is 23.5 Å². The highest BCUT2D eigenvalue weighted by atomic mass is 16.5. The summed E-state index contributed by atoms with van der Waals surface area (Å²) in [5.74, 6) is 1.91. The first-order valence-electron chi connectivity index (χ1n) is 5.29. The van der Waals surface area contributed by atoms with Crippen LogP contribution in [-0.4, -0.2) is 7.11 Å². The highest BCUT2D eigenvalue weighted by Crippen LogP contribution is 2.47. The third-order valence-electron chi connectivity index (χ3n) is 3.29. The van der Waals surface area contributed by atoms with Crippen LogP contribution in [-0.2, 0) is 6.54 Å². The Kier molecular flexibility index (Phi) is 1.77. The molecule has 0 amide bonds. The zero-order chi connectivity index (χ0) is 9.54. The van der Waals surface area contributed by atoms with Crippen molar-refractivity contribution in [1.29, 1.82) is 0 Å². The second-order valence-corrected chi connectivity index (χ2v) is 4.23. The predicted octanol–water partition coefficient (Wildman–Crippen LogP) is 2.25. The number of hydrogen-bond donors (Lipinski definition) is 1. The van der Waals surface area contributed by atoms with Gasteiger partial charge in [0, 0.05) is 18.2 Å². The molecule has 1 aromatic rings. The van der Waals surface area contributed by atoms with E-state index in [1.807, 2.05) is 0 Å². The molecule has 0 spiro atoms. The second-order valence-electron chi connectivity index (χ2n) is 4.23. The first-order valence-corrected chi connectivity index (χ1v) is 5.29. The molecule has 0 aromatic heterocycles. The molecule has 1 atom stereocenters. The highest BCUT2D eigenvalue weighted by Gasteiger charge is 2.37. The maximum atomic E-state index is 5.43. The van der Waals surface area contributed by atoms with Gasteiger partial charge >= 0.3 is 0 Å². The number of nitrogens with one attached hydrogen (secondary N) is 1. The van der Waals surface area contributed by atoms with E-state index in [-0.39, 0.29) is 0 Å². The lowest BCUT2D eigenvalue weighted by Gasteiger charge is -2.13. The van der Waals surface area contributed by atoms with Crippen molar-refractivity contribution in [3.8, 4) is 5.75 Å². The molecule has 1 aromatic carbocycles. The number of ether oxygens (including phenoxy) is 1. The van der Waals surface area contributed by atoms with Gasteiger partial charge in [-0.1, -0.05) is 12.1 Å². The maximum absolute atomic E-state index is 5.43. The standard InChI is InChI=1S/C12H15NO/c1-14-10-4-2-3-9-7-13-12(11(9)10)8-5-6-8/h2-4,8,12-13H,5-7H2,1H3. The van der Waals surface area contributed by atoms with Crippen molar-refractivity contribution < 1.29 is 4.74 Å². The van der Waals surface area contributed by atoms with Crippen LogP contribution in [0, 0.1) is 5.92 Å². The van der Waals surface area contributed by atoms with E-state index in [9.17, 15) is 0 Å². The molecule has 1 saturated carbocycles. The fraction of sp³-hybridized carbons (Fsp3) is 0.500. The van der Waals surface area contributed by atoms with Gasteiger partial charge in [0.1, 0.15) is 5.75 Å². The van der Waals surface area contributed by atoms with E-state index in [1.54, 1.807) is 7.11 Å². The molecule has 1 fully saturated rings. The fourth-order valence-electron chi connectivity index (χ4n) is 2.43. The average Bonchev–Trinajstić information content (AvgIpc) is 2.97. The summed E-state index contributed by atoms with van der Waals surface area (Å²) in [5, 5.41) is 3.58. The van der Waals surface area contributed by atoms with Crippen molar-refractivity contribution in [2.24, 2.45) is 5.92 Å².